The molecule has 1 rings (SSSR count). The maximum Gasteiger partial charge on any atom is 0.208 e. The van der Waals surface area contributed by atoms with E-state index in [1.165, 1.54) is 11.8 Å². The first kappa shape index (κ1) is 15.1. The normalized spacial score (nSPS) is 13.8. The van der Waals surface area contributed by atoms with Gasteiger partial charge in [-0.05, 0) is 31.6 Å². The molecular formula is C13H22N2O2S. The van der Waals surface area contributed by atoms with Crippen molar-refractivity contribution >= 4 is 10.0 Å². The summed E-state index contributed by atoms with van der Waals surface area (Å²) in [6, 6.07) is 8.35. The van der Waals surface area contributed by atoms with Crippen molar-refractivity contribution in [3.63, 3.8) is 0 Å². The molecule has 18 heavy (non-hydrogen) atoms. The summed E-state index contributed by atoms with van der Waals surface area (Å²) in [4.78, 5) is 2.01. The molecule has 0 saturated carbocycles. The van der Waals surface area contributed by atoms with Crippen molar-refractivity contribution in [1.29, 1.82) is 0 Å². The molecule has 1 atom stereocenters. The molecule has 5 heteroatoms. The third kappa shape index (κ3) is 4.76. The van der Waals surface area contributed by atoms with Gasteiger partial charge in [0.2, 0.25) is 10.0 Å². The molecule has 102 valence electrons. The van der Waals surface area contributed by atoms with Gasteiger partial charge in [0.1, 0.15) is 0 Å². The molecule has 1 aromatic rings. The molecule has 0 aromatic heterocycles. The molecule has 0 saturated heterocycles. The fourth-order valence-corrected chi connectivity index (χ4v) is 2.26. The summed E-state index contributed by atoms with van der Waals surface area (Å²) in [5.74, 6) is 0. The van der Waals surface area contributed by atoms with E-state index in [4.69, 9.17) is 0 Å². The Balaban J connectivity index is 2.83. The van der Waals surface area contributed by atoms with Gasteiger partial charge in [-0.1, -0.05) is 31.2 Å². The van der Waals surface area contributed by atoms with E-state index in [0.29, 0.717) is 6.54 Å². The number of nitrogens with one attached hydrogen (secondary N) is 1. The first-order valence-corrected chi connectivity index (χ1v) is 7.92. The summed E-state index contributed by atoms with van der Waals surface area (Å²) in [5, 5.41) is 0. The van der Waals surface area contributed by atoms with E-state index in [-0.39, 0.29) is 6.04 Å². The summed E-state index contributed by atoms with van der Waals surface area (Å²) in [7, 11) is 0.743. The molecule has 4 nitrogen and oxygen atoms in total. The van der Waals surface area contributed by atoms with Crippen LogP contribution in [0.4, 0.5) is 0 Å². The van der Waals surface area contributed by atoms with E-state index in [2.05, 4.69) is 35.9 Å². The zero-order chi connectivity index (χ0) is 13.8. The second kappa shape index (κ2) is 6.31. The average Bonchev–Trinajstić information content (AvgIpc) is 2.28. The quantitative estimate of drug-likeness (QED) is 0.850. The summed E-state index contributed by atoms with van der Waals surface area (Å²) in [5.41, 5.74) is 2.40. The number of sulfonamides is 1. The molecule has 0 heterocycles. The third-order valence-electron chi connectivity index (χ3n) is 2.93. The summed E-state index contributed by atoms with van der Waals surface area (Å²) >= 11 is 0. The zero-order valence-corrected chi connectivity index (χ0v) is 12.3. The smallest absolute Gasteiger partial charge is 0.208 e. The van der Waals surface area contributed by atoms with Crippen LogP contribution in [-0.2, 0) is 16.4 Å². The first-order valence-electron chi connectivity index (χ1n) is 6.03. The summed E-state index contributed by atoms with van der Waals surface area (Å²) in [6.45, 7) is 2.50. The highest BCUT2D eigenvalue weighted by atomic mass is 32.2. The lowest BCUT2D eigenvalue weighted by molar-refractivity contribution is 0.299. The predicted octanol–water partition coefficient (Wildman–Crippen LogP) is 1.40. The fraction of sp³-hybridized carbons (Fsp3) is 0.538. The topological polar surface area (TPSA) is 49.4 Å². The second-order valence-corrected chi connectivity index (χ2v) is 6.53. The molecule has 0 aliphatic rings. The van der Waals surface area contributed by atoms with Crippen LogP contribution >= 0.6 is 0 Å². The number of hydrogen-bond donors (Lipinski definition) is 1. The minimum absolute atomic E-state index is 0.0469. The number of rotatable bonds is 6. The molecule has 1 unspecified atom stereocenters. The Hall–Kier alpha value is -0.910. The van der Waals surface area contributed by atoms with Crippen LogP contribution in [0.25, 0.3) is 0 Å². The Morgan fingerprint density at radius 2 is 1.78 bits per heavy atom. The molecule has 0 aliphatic heterocycles. The highest BCUT2D eigenvalue weighted by molar-refractivity contribution is 7.88. The van der Waals surface area contributed by atoms with Crippen molar-refractivity contribution in [3.05, 3.63) is 35.4 Å². The molecule has 0 spiro atoms. The molecule has 0 bridgehead atoms. The van der Waals surface area contributed by atoms with Gasteiger partial charge in [-0.15, -0.1) is 0 Å². The molecule has 1 aromatic carbocycles. The van der Waals surface area contributed by atoms with Gasteiger partial charge in [-0.25, -0.2) is 13.1 Å². The Morgan fingerprint density at radius 3 is 2.17 bits per heavy atom. The van der Waals surface area contributed by atoms with Crippen LogP contribution in [0.5, 0.6) is 0 Å². The number of hydrogen-bond acceptors (Lipinski definition) is 3. The zero-order valence-electron chi connectivity index (χ0n) is 11.5. The number of aryl methyl sites for hydroxylation is 1. The van der Waals surface area contributed by atoms with Crippen LogP contribution in [-0.4, -0.2) is 40.2 Å². The van der Waals surface area contributed by atoms with E-state index in [9.17, 15) is 8.42 Å². The number of likely N-dealkylation sites (N-methyl/N-ethyl adjacent to an activating group) is 1. The summed E-state index contributed by atoms with van der Waals surface area (Å²) in [6.07, 6.45) is 2.19. The van der Waals surface area contributed by atoms with E-state index in [1.54, 1.807) is 0 Å². The standard InChI is InChI=1S/C13H22N2O2S/c1-5-11-6-8-12(9-7-11)13(15(2)3)10-14-18(4,16)17/h6-9,13-14H,5,10H2,1-4H3. The monoisotopic (exact) mass is 270 g/mol. The molecule has 0 radical (unpaired) electrons. The second-order valence-electron chi connectivity index (χ2n) is 4.70. The van der Waals surface area contributed by atoms with Crippen molar-refractivity contribution in [1.82, 2.24) is 9.62 Å². The molecule has 1 N–H and O–H groups in total. The lowest BCUT2D eigenvalue weighted by Crippen LogP contribution is -2.33. The van der Waals surface area contributed by atoms with Crippen molar-refractivity contribution in [2.75, 3.05) is 26.9 Å². The molecule has 0 amide bonds. The Bertz CT molecular complexity index is 466. The van der Waals surface area contributed by atoms with Crippen LogP contribution in [0.2, 0.25) is 0 Å². The number of benzene rings is 1. The van der Waals surface area contributed by atoms with Crippen LogP contribution in [0, 0.1) is 0 Å². The van der Waals surface area contributed by atoms with Crippen molar-refractivity contribution < 1.29 is 8.42 Å². The van der Waals surface area contributed by atoms with Gasteiger partial charge < -0.3 is 4.90 Å². The molecule has 0 aliphatic carbocycles. The minimum Gasteiger partial charge on any atom is -0.301 e. The van der Waals surface area contributed by atoms with Gasteiger partial charge in [0.25, 0.3) is 0 Å². The van der Waals surface area contributed by atoms with Crippen molar-refractivity contribution in [3.8, 4) is 0 Å². The van der Waals surface area contributed by atoms with Gasteiger partial charge in [-0.3, -0.25) is 0 Å². The fourth-order valence-electron chi connectivity index (χ4n) is 1.80. The van der Waals surface area contributed by atoms with E-state index in [1.807, 2.05) is 19.0 Å². The van der Waals surface area contributed by atoms with Crippen LogP contribution in [0.3, 0.4) is 0 Å². The van der Waals surface area contributed by atoms with Gasteiger partial charge in [0, 0.05) is 12.6 Å². The van der Waals surface area contributed by atoms with E-state index >= 15 is 0 Å². The maximum atomic E-state index is 11.2. The van der Waals surface area contributed by atoms with Crippen LogP contribution in [0.15, 0.2) is 24.3 Å². The lowest BCUT2D eigenvalue weighted by Gasteiger charge is -2.25. The van der Waals surface area contributed by atoms with Gasteiger partial charge in [-0.2, -0.15) is 0 Å². The van der Waals surface area contributed by atoms with E-state index in [0.717, 1.165) is 12.0 Å². The van der Waals surface area contributed by atoms with Crippen molar-refractivity contribution in [2.24, 2.45) is 0 Å². The SMILES string of the molecule is CCc1ccc(C(CNS(C)(=O)=O)N(C)C)cc1. The minimum atomic E-state index is -3.15. The molecular weight excluding hydrogens is 248 g/mol. The van der Waals surface area contributed by atoms with Crippen LogP contribution in [0.1, 0.15) is 24.1 Å². The lowest BCUT2D eigenvalue weighted by atomic mass is 10.0. The predicted molar refractivity (Wildman–Crippen MR) is 75.1 cm³/mol. The van der Waals surface area contributed by atoms with Gasteiger partial charge >= 0.3 is 0 Å². The van der Waals surface area contributed by atoms with Crippen molar-refractivity contribution in [2.45, 2.75) is 19.4 Å². The van der Waals surface area contributed by atoms with Crippen LogP contribution < -0.4 is 4.72 Å². The summed E-state index contributed by atoms with van der Waals surface area (Å²) < 4.78 is 24.9. The Labute approximate surface area is 110 Å². The highest BCUT2D eigenvalue weighted by Gasteiger charge is 2.15. The highest BCUT2D eigenvalue weighted by Crippen LogP contribution is 2.18. The maximum absolute atomic E-state index is 11.2. The first-order chi connectivity index (χ1) is 8.33. The Kier molecular flexibility index (Phi) is 5.31. The third-order valence-corrected chi connectivity index (χ3v) is 3.63. The Morgan fingerprint density at radius 1 is 1.22 bits per heavy atom. The largest absolute Gasteiger partial charge is 0.301 e. The van der Waals surface area contributed by atoms with E-state index < -0.39 is 10.0 Å². The van der Waals surface area contributed by atoms with Gasteiger partial charge in [0.15, 0.2) is 0 Å². The molecule has 0 fully saturated rings. The number of nitrogens with zero attached hydrogens (tertiary/aromatic N) is 1. The average molecular weight is 270 g/mol. The van der Waals surface area contributed by atoms with Gasteiger partial charge in [0.05, 0.1) is 6.26 Å².